The van der Waals surface area contributed by atoms with Gasteiger partial charge in [-0.05, 0) is 25.1 Å². The molecule has 0 aliphatic rings. The molecule has 102 valence electrons. The zero-order valence-corrected chi connectivity index (χ0v) is 11.2. The Balaban J connectivity index is 2.15. The van der Waals surface area contributed by atoms with E-state index < -0.39 is 5.82 Å². The summed E-state index contributed by atoms with van der Waals surface area (Å²) in [6.45, 7) is 2.45. The third kappa shape index (κ3) is 3.14. The monoisotopic (exact) mass is 270 g/mol. The SMILES string of the molecule is Cc1ccc(OCc2ccc(C#N)cc2F)c(CN)c1. The number of nitriles is 1. The summed E-state index contributed by atoms with van der Waals surface area (Å²) in [5, 5.41) is 8.69. The molecule has 0 aliphatic carbocycles. The second kappa shape index (κ2) is 6.18. The largest absolute Gasteiger partial charge is 0.488 e. The van der Waals surface area contributed by atoms with Crippen LogP contribution in [-0.2, 0) is 13.2 Å². The minimum Gasteiger partial charge on any atom is -0.488 e. The van der Waals surface area contributed by atoms with Crippen LogP contribution >= 0.6 is 0 Å². The molecule has 0 bridgehead atoms. The van der Waals surface area contributed by atoms with Crippen LogP contribution in [0.25, 0.3) is 0 Å². The molecule has 0 heterocycles. The number of hydrogen-bond acceptors (Lipinski definition) is 3. The topological polar surface area (TPSA) is 59.0 Å². The van der Waals surface area contributed by atoms with Crippen LogP contribution in [0, 0.1) is 24.1 Å². The fourth-order valence-corrected chi connectivity index (χ4v) is 1.90. The molecule has 2 N–H and O–H groups in total. The molecule has 0 aliphatic heterocycles. The molecule has 0 saturated heterocycles. The van der Waals surface area contributed by atoms with E-state index in [4.69, 9.17) is 15.7 Å². The van der Waals surface area contributed by atoms with Crippen LogP contribution < -0.4 is 10.5 Å². The van der Waals surface area contributed by atoms with E-state index in [1.165, 1.54) is 6.07 Å². The lowest BCUT2D eigenvalue weighted by molar-refractivity contribution is 0.296. The van der Waals surface area contributed by atoms with E-state index >= 15 is 0 Å². The predicted molar refractivity (Wildman–Crippen MR) is 74.5 cm³/mol. The predicted octanol–water partition coefficient (Wildman–Crippen LogP) is 3.04. The first-order valence-corrected chi connectivity index (χ1v) is 6.25. The van der Waals surface area contributed by atoms with Crippen molar-refractivity contribution in [3.63, 3.8) is 0 Å². The van der Waals surface area contributed by atoms with E-state index in [1.54, 1.807) is 12.1 Å². The van der Waals surface area contributed by atoms with Crippen LogP contribution in [0.3, 0.4) is 0 Å². The molecule has 0 aromatic heterocycles. The van der Waals surface area contributed by atoms with Crippen molar-refractivity contribution in [2.24, 2.45) is 5.73 Å². The van der Waals surface area contributed by atoms with E-state index in [0.717, 1.165) is 11.1 Å². The van der Waals surface area contributed by atoms with Gasteiger partial charge in [-0.2, -0.15) is 5.26 Å². The highest BCUT2D eigenvalue weighted by Gasteiger charge is 2.07. The molecule has 3 nitrogen and oxygen atoms in total. The molecule has 20 heavy (non-hydrogen) atoms. The van der Waals surface area contributed by atoms with Crippen molar-refractivity contribution >= 4 is 0 Å². The molecule has 0 unspecified atom stereocenters. The second-order valence-corrected chi connectivity index (χ2v) is 4.52. The quantitative estimate of drug-likeness (QED) is 0.929. The van der Waals surface area contributed by atoms with Crippen molar-refractivity contribution in [2.45, 2.75) is 20.1 Å². The number of halogens is 1. The van der Waals surface area contributed by atoms with Gasteiger partial charge in [0.25, 0.3) is 0 Å². The lowest BCUT2D eigenvalue weighted by Crippen LogP contribution is -2.04. The zero-order valence-electron chi connectivity index (χ0n) is 11.2. The Morgan fingerprint density at radius 3 is 2.65 bits per heavy atom. The Bertz CT molecular complexity index is 662. The summed E-state index contributed by atoms with van der Waals surface area (Å²) in [5.74, 6) is 0.215. The third-order valence-corrected chi connectivity index (χ3v) is 3.00. The van der Waals surface area contributed by atoms with Crippen molar-refractivity contribution in [1.29, 1.82) is 5.26 Å². The highest BCUT2D eigenvalue weighted by molar-refractivity contribution is 5.37. The average Bonchev–Trinajstić information content (AvgIpc) is 2.46. The smallest absolute Gasteiger partial charge is 0.131 e. The Morgan fingerprint density at radius 2 is 2.00 bits per heavy atom. The van der Waals surface area contributed by atoms with Gasteiger partial charge in [-0.3, -0.25) is 0 Å². The number of ether oxygens (including phenoxy) is 1. The van der Waals surface area contributed by atoms with Crippen molar-refractivity contribution < 1.29 is 9.13 Å². The Morgan fingerprint density at radius 1 is 1.20 bits per heavy atom. The maximum Gasteiger partial charge on any atom is 0.131 e. The van der Waals surface area contributed by atoms with Gasteiger partial charge in [0.15, 0.2) is 0 Å². The van der Waals surface area contributed by atoms with Crippen LogP contribution in [0.5, 0.6) is 5.75 Å². The van der Waals surface area contributed by atoms with E-state index in [0.29, 0.717) is 23.4 Å². The van der Waals surface area contributed by atoms with Gasteiger partial charge in [0.05, 0.1) is 11.6 Å². The van der Waals surface area contributed by atoms with E-state index in [2.05, 4.69) is 0 Å². The Hall–Kier alpha value is -2.38. The lowest BCUT2D eigenvalue weighted by Gasteiger charge is -2.11. The molecule has 2 rings (SSSR count). The summed E-state index contributed by atoms with van der Waals surface area (Å²) < 4.78 is 19.4. The molecular formula is C16H15FN2O. The fourth-order valence-electron chi connectivity index (χ4n) is 1.90. The minimum absolute atomic E-state index is 0.105. The lowest BCUT2D eigenvalue weighted by atomic mass is 10.1. The molecule has 0 saturated carbocycles. The van der Waals surface area contributed by atoms with Gasteiger partial charge in [-0.15, -0.1) is 0 Å². The molecular weight excluding hydrogens is 255 g/mol. The molecule has 0 spiro atoms. The first-order valence-electron chi connectivity index (χ1n) is 6.25. The molecule has 2 aromatic rings. The summed E-state index contributed by atoms with van der Waals surface area (Å²) in [7, 11) is 0. The third-order valence-electron chi connectivity index (χ3n) is 3.00. The van der Waals surface area contributed by atoms with Crippen molar-refractivity contribution in [3.05, 3.63) is 64.5 Å². The summed E-state index contributed by atoms with van der Waals surface area (Å²) in [6, 6.07) is 11.9. The summed E-state index contributed by atoms with van der Waals surface area (Å²) in [6.07, 6.45) is 0. The maximum absolute atomic E-state index is 13.7. The Labute approximate surface area is 117 Å². The molecule has 4 heteroatoms. The number of hydrogen-bond donors (Lipinski definition) is 1. The van der Waals surface area contributed by atoms with Crippen LogP contribution in [0.1, 0.15) is 22.3 Å². The van der Waals surface area contributed by atoms with Crippen molar-refractivity contribution in [3.8, 4) is 11.8 Å². The molecule has 0 atom stereocenters. The van der Waals surface area contributed by atoms with Gasteiger partial charge in [0, 0.05) is 17.7 Å². The maximum atomic E-state index is 13.7. The first-order chi connectivity index (χ1) is 9.63. The van der Waals surface area contributed by atoms with Gasteiger partial charge >= 0.3 is 0 Å². The van der Waals surface area contributed by atoms with Gasteiger partial charge in [0.2, 0.25) is 0 Å². The van der Waals surface area contributed by atoms with Crippen LogP contribution in [0.15, 0.2) is 36.4 Å². The van der Waals surface area contributed by atoms with Crippen LogP contribution in [0.4, 0.5) is 4.39 Å². The molecule has 0 radical (unpaired) electrons. The average molecular weight is 270 g/mol. The van der Waals surface area contributed by atoms with E-state index in [-0.39, 0.29) is 6.61 Å². The summed E-state index contributed by atoms with van der Waals surface area (Å²) >= 11 is 0. The molecule has 0 fully saturated rings. The number of benzene rings is 2. The van der Waals surface area contributed by atoms with Crippen LogP contribution in [0.2, 0.25) is 0 Å². The van der Waals surface area contributed by atoms with Crippen LogP contribution in [-0.4, -0.2) is 0 Å². The molecule has 0 amide bonds. The van der Waals surface area contributed by atoms with E-state index in [1.807, 2.05) is 31.2 Å². The summed E-state index contributed by atoms with van der Waals surface area (Å²) in [5.41, 5.74) is 8.36. The molecule has 2 aromatic carbocycles. The van der Waals surface area contributed by atoms with Crippen molar-refractivity contribution in [2.75, 3.05) is 0 Å². The van der Waals surface area contributed by atoms with Gasteiger partial charge in [0.1, 0.15) is 18.2 Å². The van der Waals surface area contributed by atoms with Gasteiger partial charge < -0.3 is 10.5 Å². The number of rotatable bonds is 4. The normalized spacial score (nSPS) is 10.1. The van der Waals surface area contributed by atoms with Gasteiger partial charge in [-0.1, -0.05) is 23.8 Å². The minimum atomic E-state index is -0.439. The number of aryl methyl sites for hydroxylation is 1. The summed E-state index contributed by atoms with van der Waals surface area (Å²) in [4.78, 5) is 0. The van der Waals surface area contributed by atoms with Gasteiger partial charge in [-0.25, -0.2) is 4.39 Å². The fraction of sp³-hybridized carbons (Fsp3) is 0.188. The number of nitrogens with zero attached hydrogens (tertiary/aromatic N) is 1. The van der Waals surface area contributed by atoms with Crippen molar-refractivity contribution in [1.82, 2.24) is 0 Å². The highest BCUT2D eigenvalue weighted by Crippen LogP contribution is 2.21. The van der Waals surface area contributed by atoms with E-state index in [9.17, 15) is 4.39 Å². The first kappa shape index (κ1) is 14.0. The zero-order chi connectivity index (χ0) is 14.5. The number of nitrogens with two attached hydrogens (primary N) is 1. The highest BCUT2D eigenvalue weighted by atomic mass is 19.1. The second-order valence-electron chi connectivity index (χ2n) is 4.52. The standard InChI is InChI=1S/C16H15FN2O/c1-11-2-5-16(14(6-11)9-19)20-10-13-4-3-12(8-18)7-15(13)17/h2-7H,9-10,19H2,1H3. The Kier molecular flexibility index (Phi) is 4.34.